The Labute approximate surface area is 118 Å². The van der Waals surface area contributed by atoms with Crippen molar-refractivity contribution in [2.24, 2.45) is 5.92 Å². The van der Waals surface area contributed by atoms with Gasteiger partial charge >= 0.3 is 5.97 Å². The average molecular weight is 276 g/mol. The number of benzene rings is 1. The molecule has 2 rings (SSSR count). The molecule has 0 aliphatic carbocycles. The molecular weight excluding hydrogens is 256 g/mol. The Kier molecular flexibility index (Phi) is 4.39. The number of nitrogens with zero attached hydrogens (tertiary/aromatic N) is 2. The van der Waals surface area contributed by atoms with Gasteiger partial charge in [0.2, 0.25) is 0 Å². The standard InChI is InChI=1S/C15H20N2O3/c1-4-20-8-13(10(2)3)17-9-16-14-11(15(18)19)6-5-7-12(14)17/h5-7,9-10,13H,4,8H2,1-3H3,(H,18,19). The van der Waals surface area contributed by atoms with Crippen LogP contribution in [0, 0.1) is 5.92 Å². The lowest BCUT2D eigenvalue weighted by atomic mass is 10.0. The maximum atomic E-state index is 11.2. The van der Waals surface area contributed by atoms with E-state index in [0.29, 0.717) is 24.6 Å². The fourth-order valence-corrected chi connectivity index (χ4v) is 2.33. The first-order chi connectivity index (χ1) is 9.56. The number of carboxylic acids is 1. The minimum Gasteiger partial charge on any atom is -0.478 e. The van der Waals surface area contributed by atoms with E-state index in [4.69, 9.17) is 4.74 Å². The molecule has 0 saturated heterocycles. The Hall–Kier alpha value is -1.88. The van der Waals surface area contributed by atoms with E-state index in [-0.39, 0.29) is 11.6 Å². The monoisotopic (exact) mass is 276 g/mol. The highest BCUT2D eigenvalue weighted by molar-refractivity contribution is 6.00. The van der Waals surface area contributed by atoms with Crippen molar-refractivity contribution < 1.29 is 14.6 Å². The van der Waals surface area contributed by atoms with E-state index >= 15 is 0 Å². The van der Waals surface area contributed by atoms with Crippen LogP contribution in [0.1, 0.15) is 37.2 Å². The lowest BCUT2D eigenvalue weighted by molar-refractivity contribution is 0.0699. The molecule has 1 atom stereocenters. The van der Waals surface area contributed by atoms with Crippen LogP contribution in [0.2, 0.25) is 0 Å². The molecule has 0 bridgehead atoms. The van der Waals surface area contributed by atoms with Crippen LogP contribution in [-0.4, -0.2) is 33.8 Å². The van der Waals surface area contributed by atoms with Gasteiger partial charge in [-0.1, -0.05) is 19.9 Å². The van der Waals surface area contributed by atoms with Gasteiger partial charge in [-0.25, -0.2) is 9.78 Å². The average Bonchev–Trinajstić information content (AvgIpc) is 2.82. The van der Waals surface area contributed by atoms with E-state index in [0.717, 1.165) is 5.52 Å². The summed E-state index contributed by atoms with van der Waals surface area (Å²) >= 11 is 0. The van der Waals surface area contributed by atoms with Gasteiger partial charge in [0.05, 0.1) is 30.1 Å². The van der Waals surface area contributed by atoms with Crippen molar-refractivity contribution in [2.75, 3.05) is 13.2 Å². The van der Waals surface area contributed by atoms with Crippen LogP contribution in [0.25, 0.3) is 11.0 Å². The van der Waals surface area contributed by atoms with E-state index in [1.165, 1.54) is 0 Å². The summed E-state index contributed by atoms with van der Waals surface area (Å²) in [5.74, 6) is -0.584. The van der Waals surface area contributed by atoms with Crippen molar-refractivity contribution in [3.05, 3.63) is 30.1 Å². The van der Waals surface area contributed by atoms with E-state index in [2.05, 4.69) is 18.8 Å². The molecule has 20 heavy (non-hydrogen) atoms. The Morgan fingerprint density at radius 3 is 2.80 bits per heavy atom. The number of para-hydroxylation sites is 1. The van der Waals surface area contributed by atoms with Gasteiger partial charge in [-0.15, -0.1) is 0 Å². The minimum atomic E-state index is -0.952. The molecule has 1 heterocycles. The van der Waals surface area contributed by atoms with Crippen LogP contribution in [0.4, 0.5) is 0 Å². The normalized spacial score (nSPS) is 13.0. The molecule has 0 aliphatic rings. The molecule has 0 fully saturated rings. The molecule has 0 amide bonds. The molecule has 0 spiro atoms. The molecule has 0 saturated carbocycles. The zero-order valence-corrected chi connectivity index (χ0v) is 12.0. The lowest BCUT2D eigenvalue weighted by Gasteiger charge is -2.23. The topological polar surface area (TPSA) is 64.4 Å². The quantitative estimate of drug-likeness (QED) is 0.881. The Bertz CT molecular complexity index is 604. The van der Waals surface area contributed by atoms with Gasteiger partial charge in [0.25, 0.3) is 0 Å². The first-order valence-electron chi connectivity index (χ1n) is 6.82. The van der Waals surface area contributed by atoms with Crippen molar-refractivity contribution in [3.63, 3.8) is 0 Å². The van der Waals surface area contributed by atoms with Gasteiger partial charge in [-0.2, -0.15) is 0 Å². The van der Waals surface area contributed by atoms with E-state index in [1.54, 1.807) is 18.5 Å². The summed E-state index contributed by atoms with van der Waals surface area (Å²) in [5.41, 5.74) is 1.60. The SMILES string of the molecule is CCOCC(C(C)C)n1cnc2c(C(=O)O)cccc21. The molecule has 5 nitrogen and oxygen atoms in total. The van der Waals surface area contributed by atoms with Crippen LogP contribution in [0.5, 0.6) is 0 Å². The molecular formula is C15H20N2O3. The number of hydrogen-bond donors (Lipinski definition) is 1. The fourth-order valence-electron chi connectivity index (χ4n) is 2.33. The predicted molar refractivity (Wildman–Crippen MR) is 77.1 cm³/mol. The molecule has 108 valence electrons. The molecule has 1 aromatic carbocycles. The van der Waals surface area contributed by atoms with Gasteiger partial charge in [0, 0.05) is 6.61 Å². The zero-order chi connectivity index (χ0) is 14.7. The third-order valence-corrected chi connectivity index (χ3v) is 3.45. The molecule has 2 aromatic rings. The summed E-state index contributed by atoms with van der Waals surface area (Å²) in [5, 5.41) is 9.21. The second-order valence-corrected chi connectivity index (χ2v) is 5.10. The minimum absolute atomic E-state index is 0.143. The number of ether oxygens (including phenoxy) is 1. The van der Waals surface area contributed by atoms with Gasteiger partial charge in [-0.05, 0) is 25.0 Å². The lowest BCUT2D eigenvalue weighted by Crippen LogP contribution is -2.20. The number of carbonyl (C=O) groups is 1. The smallest absolute Gasteiger partial charge is 0.337 e. The summed E-state index contributed by atoms with van der Waals surface area (Å²) in [6.07, 6.45) is 1.71. The van der Waals surface area contributed by atoms with Gasteiger partial charge in [0.1, 0.15) is 5.52 Å². The summed E-state index contributed by atoms with van der Waals surface area (Å²) in [4.78, 5) is 15.5. The van der Waals surface area contributed by atoms with Gasteiger partial charge < -0.3 is 14.4 Å². The summed E-state index contributed by atoms with van der Waals surface area (Å²) in [6.45, 7) is 7.46. The highest BCUT2D eigenvalue weighted by Gasteiger charge is 2.20. The molecule has 1 aromatic heterocycles. The van der Waals surface area contributed by atoms with Crippen LogP contribution in [0.15, 0.2) is 24.5 Å². The highest BCUT2D eigenvalue weighted by atomic mass is 16.5. The number of aromatic carboxylic acids is 1. The third kappa shape index (κ3) is 2.67. The highest BCUT2D eigenvalue weighted by Crippen LogP contribution is 2.25. The maximum absolute atomic E-state index is 11.2. The van der Waals surface area contributed by atoms with Crippen LogP contribution < -0.4 is 0 Å². The van der Waals surface area contributed by atoms with Crippen molar-refractivity contribution in [1.82, 2.24) is 9.55 Å². The molecule has 0 aliphatic heterocycles. The maximum Gasteiger partial charge on any atom is 0.337 e. The van der Waals surface area contributed by atoms with Crippen molar-refractivity contribution >= 4 is 17.0 Å². The van der Waals surface area contributed by atoms with Crippen LogP contribution in [0.3, 0.4) is 0 Å². The summed E-state index contributed by atoms with van der Waals surface area (Å²) in [6, 6.07) is 5.37. The molecule has 1 unspecified atom stereocenters. The van der Waals surface area contributed by atoms with E-state index < -0.39 is 5.97 Å². The Morgan fingerprint density at radius 2 is 2.20 bits per heavy atom. The molecule has 1 N–H and O–H groups in total. The van der Waals surface area contributed by atoms with E-state index in [9.17, 15) is 9.90 Å². The number of imidazole rings is 1. The summed E-state index contributed by atoms with van der Waals surface area (Å²) in [7, 11) is 0. The zero-order valence-electron chi connectivity index (χ0n) is 12.0. The van der Waals surface area contributed by atoms with Crippen molar-refractivity contribution in [2.45, 2.75) is 26.8 Å². The second kappa shape index (κ2) is 6.05. The molecule has 0 radical (unpaired) electrons. The Morgan fingerprint density at radius 1 is 1.45 bits per heavy atom. The number of fused-ring (bicyclic) bond motifs is 1. The Balaban J connectivity index is 2.48. The van der Waals surface area contributed by atoms with Crippen molar-refractivity contribution in [3.8, 4) is 0 Å². The summed E-state index contributed by atoms with van der Waals surface area (Å²) < 4.78 is 7.56. The number of hydrogen-bond acceptors (Lipinski definition) is 3. The number of aromatic nitrogens is 2. The molecule has 5 heteroatoms. The second-order valence-electron chi connectivity index (χ2n) is 5.10. The first kappa shape index (κ1) is 14.5. The van der Waals surface area contributed by atoms with Gasteiger partial charge in [-0.3, -0.25) is 0 Å². The van der Waals surface area contributed by atoms with Gasteiger partial charge in [0.15, 0.2) is 0 Å². The van der Waals surface area contributed by atoms with Crippen LogP contribution in [-0.2, 0) is 4.74 Å². The third-order valence-electron chi connectivity index (χ3n) is 3.45. The number of rotatable bonds is 6. The fraction of sp³-hybridized carbons (Fsp3) is 0.467. The first-order valence-corrected chi connectivity index (χ1v) is 6.82. The van der Waals surface area contributed by atoms with Crippen molar-refractivity contribution in [1.29, 1.82) is 0 Å². The van der Waals surface area contributed by atoms with E-state index in [1.807, 2.05) is 17.6 Å². The predicted octanol–water partition coefficient (Wildman–Crippen LogP) is 2.97. The number of carboxylic acid groups (broad SMARTS) is 1. The van der Waals surface area contributed by atoms with Crippen LogP contribution >= 0.6 is 0 Å². The largest absolute Gasteiger partial charge is 0.478 e.